The number of hydrogen-bond donors (Lipinski definition) is 0. The quantitative estimate of drug-likeness (QED) is 0.207. The first-order chi connectivity index (χ1) is 20.0. The fourth-order valence-electron chi connectivity index (χ4n) is 5.79. The molecule has 240 valence electrons. The second kappa shape index (κ2) is 15.2. The highest BCUT2D eigenvalue weighted by Crippen LogP contribution is 2.45. The minimum atomic E-state index is -5.19. The van der Waals surface area contributed by atoms with Crippen molar-refractivity contribution in [1.82, 2.24) is 0 Å². The minimum Gasteiger partial charge on any atom is -0.542 e. The number of rotatable bonds is 11. The van der Waals surface area contributed by atoms with Crippen molar-refractivity contribution in [3.05, 3.63) is 46.0 Å². The van der Waals surface area contributed by atoms with Gasteiger partial charge in [-0.2, -0.15) is 13.2 Å². The van der Waals surface area contributed by atoms with Gasteiger partial charge < -0.3 is 28.5 Å². The average molecular weight is 646 g/mol. The molecular formula is C31H43ClF3NO6Si. The van der Waals surface area contributed by atoms with Crippen LogP contribution in [0.1, 0.15) is 58.2 Å². The number of nitrogens with zero attached hydrogens (tertiary/aromatic N) is 1. The Kier molecular flexibility index (Phi) is 12.8. The Morgan fingerprint density at radius 2 is 1.40 bits per heavy atom. The van der Waals surface area contributed by atoms with Crippen LogP contribution in [0.4, 0.5) is 13.2 Å². The van der Waals surface area contributed by atoms with Gasteiger partial charge in [-0.1, -0.05) is 53.1 Å². The van der Waals surface area contributed by atoms with E-state index in [0.717, 1.165) is 48.7 Å². The fraction of sp³-hybridized carbons (Fsp3) is 0.548. The zero-order chi connectivity index (χ0) is 32.7. The Bertz CT molecular complexity index is 1280. The Labute approximate surface area is 258 Å². The lowest BCUT2D eigenvalue weighted by Crippen LogP contribution is -2.50. The molecule has 0 radical (unpaired) electrons. The zero-order valence-electron chi connectivity index (χ0n) is 26.4. The number of fused-ring (bicyclic) bond motifs is 1. The molecule has 2 aromatic carbocycles. The van der Waals surface area contributed by atoms with Gasteiger partial charge in [-0.3, -0.25) is 0 Å². The standard InChI is InChI=1S/C29H43ClNO4Si.C2HF3O2/c1-19(2)36(20(3)4,21(5)6)35-29-15-23(25(30)17-28(29)34-9)11-13-31-12-10-22-14-26(32-7)27(33-8)16-24(22)18-31;3-2(4,5)1(6)7/h14-21H,10-13H2,1-9H3;(H,6,7)/q+1;/p-1. The van der Waals surface area contributed by atoms with Crippen LogP contribution in [0.15, 0.2) is 24.3 Å². The summed E-state index contributed by atoms with van der Waals surface area (Å²) in [6.45, 7) is 15.6. The summed E-state index contributed by atoms with van der Waals surface area (Å²) in [4.78, 5) is 8.78. The van der Waals surface area contributed by atoms with E-state index in [-0.39, 0.29) is 0 Å². The van der Waals surface area contributed by atoms with E-state index in [4.69, 9.17) is 40.1 Å². The number of aliphatic carboxylic acids is 1. The van der Waals surface area contributed by atoms with Gasteiger partial charge in [-0.15, -0.1) is 0 Å². The topological polar surface area (TPSA) is 80.1 Å². The van der Waals surface area contributed by atoms with Crippen molar-refractivity contribution >= 4 is 32.1 Å². The van der Waals surface area contributed by atoms with E-state index in [1.165, 1.54) is 11.1 Å². The highest BCUT2D eigenvalue weighted by molar-refractivity contribution is 6.78. The highest BCUT2D eigenvalue weighted by atomic mass is 35.5. The molecule has 0 bridgehead atoms. The third-order valence-electron chi connectivity index (χ3n) is 7.86. The molecule has 0 amide bonds. The van der Waals surface area contributed by atoms with Crippen LogP contribution < -0.4 is 23.7 Å². The van der Waals surface area contributed by atoms with Crippen molar-refractivity contribution in [1.29, 1.82) is 0 Å². The summed E-state index contributed by atoms with van der Waals surface area (Å²) in [5.41, 5.74) is 4.95. The number of halogens is 4. The van der Waals surface area contributed by atoms with Crippen LogP contribution in [0.2, 0.25) is 21.6 Å². The van der Waals surface area contributed by atoms with Crippen molar-refractivity contribution in [2.24, 2.45) is 0 Å². The van der Waals surface area contributed by atoms with Gasteiger partial charge in [0, 0.05) is 29.5 Å². The molecule has 0 atom stereocenters. The highest BCUT2D eigenvalue weighted by Gasteiger charge is 2.47. The second-order valence-electron chi connectivity index (χ2n) is 11.4. The molecule has 7 nitrogen and oxygen atoms in total. The summed E-state index contributed by atoms with van der Waals surface area (Å²) in [6.07, 6.45) is -1.20. The lowest BCUT2D eigenvalue weighted by Gasteiger charge is -2.42. The maximum Gasteiger partial charge on any atom is 0.430 e. The van der Waals surface area contributed by atoms with Crippen molar-refractivity contribution in [3.63, 3.8) is 0 Å². The number of ether oxygens (including phenoxy) is 3. The van der Waals surface area contributed by atoms with Gasteiger partial charge in [0.2, 0.25) is 0 Å². The molecule has 1 aliphatic heterocycles. The summed E-state index contributed by atoms with van der Waals surface area (Å²) in [6, 6.07) is 8.17. The lowest BCUT2D eigenvalue weighted by molar-refractivity contribution is -0.523. The lowest BCUT2D eigenvalue weighted by atomic mass is 10.0. The predicted molar refractivity (Wildman–Crippen MR) is 163 cm³/mol. The van der Waals surface area contributed by atoms with Gasteiger partial charge in [0.25, 0.3) is 8.32 Å². The molecule has 0 fully saturated rings. The summed E-state index contributed by atoms with van der Waals surface area (Å²) < 4.78 is 57.6. The van der Waals surface area contributed by atoms with E-state index in [1.807, 2.05) is 6.07 Å². The number of hydrogen-bond acceptors (Lipinski definition) is 6. The van der Waals surface area contributed by atoms with Gasteiger partial charge in [-0.05, 0) is 45.9 Å². The van der Waals surface area contributed by atoms with Gasteiger partial charge in [0.05, 0.1) is 21.3 Å². The number of methoxy groups -OCH3 is 3. The predicted octanol–water partition coefficient (Wildman–Crippen LogP) is 6.45. The number of carboxylic acid groups (broad SMARTS) is 1. The molecule has 1 aliphatic rings. The van der Waals surface area contributed by atoms with Crippen molar-refractivity contribution in [2.75, 3.05) is 34.4 Å². The Hall–Kier alpha value is -2.92. The maximum atomic E-state index is 10.5. The van der Waals surface area contributed by atoms with Crippen molar-refractivity contribution < 1.29 is 46.3 Å². The fourth-order valence-corrected chi connectivity index (χ4v) is 11.3. The number of alkyl halides is 3. The molecule has 0 saturated carbocycles. The van der Waals surface area contributed by atoms with Gasteiger partial charge in [-0.25, -0.2) is 4.58 Å². The monoisotopic (exact) mass is 645 g/mol. The first-order valence-electron chi connectivity index (χ1n) is 14.2. The van der Waals surface area contributed by atoms with E-state index in [0.29, 0.717) is 27.4 Å². The summed E-state index contributed by atoms with van der Waals surface area (Å²) in [5.74, 6) is 0.0564. The normalized spacial score (nSPS) is 13.3. The third-order valence-corrected chi connectivity index (χ3v) is 14.2. The van der Waals surface area contributed by atoms with E-state index in [9.17, 15) is 13.2 Å². The average Bonchev–Trinajstić information content (AvgIpc) is 2.93. The number of carboxylic acids is 1. The van der Waals surface area contributed by atoms with Crippen LogP contribution in [0.25, 0.3) is 0 Å². The molecule has 2 aromatic rings. The van der Waals surface area contributed by atoms with Gasteiger partial charge >= 0.3 is 6.18 Å². The Morgan fingerprint density at radius 3 is 1.86 bits per heavy atom. The molecule has 0 aliphatic carbocycles. The van der Waals surface area contributed by atoms with Crippen LogP contribution in [0, 0.1) is 0 Å². The number of carbonyl (C=O) groups is 1. The molecule has 1 heterocycles. The first-order valence-corrected chi connectivity index (χ1v) is 16.7. The Morgan fingerprint density at radius 1 is 0.907 bits per heavy atom. The molecule has 43 heavy (non-hydrogen) atoms. The van der Waals surface area contributed by atoms with Crippen molar-refractivity contribution in [3.8, 4) is 23.0 Å². The summed E-state index contributed by atoms with van der Waals surface area (Å²) in [5, 5.41) is 9.50. The van der Waals surface area contributed by atoms with Crippen LogP contribution in [-0.4, -0.2) is 65.7 Å². The van der Waals surface area contributed by atoms with Crippen molar-refractivity contribution in [2.45, 2.75) is 77.2 Å². The molecular weight excluding hydrogens is 603 g/mol. The smallest absolute Gasteiger partial charge is 0.430 e. The zero-order valence-corrected chi connectivity index (χ0v) is 28.1. The van der Waals surface area contributed by atoms with Gasteiger partial charge in [0.15, 0.2) is 23.5 Å². The Balaban J connectivity index is 0.000000821. The van der Waals surface area contributed by atoms with Crippen LogP contribution >= 0.6 is 11.6 Å². The summed E-state index contributed by atoms with van der Waals surface area (Å²) >= 11 is 6.73. The maximum absolute atomic E-state index is 10.5. The van der Waals surface area contributed by atoms with E-state index < -0.39 is 20.5 Å². The van der Waals surface area contributed by atoms with Crippen LogP contribution in [-0.2, 0) is 17.6 Å². The molecule has 3 rings (SSSR count). The van der Waals surface area contributed by atoms with Crippen LogP contribution in [0.3, 0.4) is 0 Å². The summed E-state index contributed by atoms with van der Waals surface area (Å²) in [7, 11) is 2.90. The minimum absolute atomic E-state index is 0.472. The van der Waals surface area contributed by atoms with Gasteiger partial charge in [0.1, 0.15) is 24.8 Å². The van der Waals surface area contributed by atoms with Crippen LogP contribution in [0.5, 0.6) is 23.0 Å². The molecule has 0 aromatic heterocycles. The SMILES string of the molecule is COc1cc2c(cc1OC)CC[N+](CCc1cc(O[Si](C(C)C)(C(C)C)C(C)C)c(OC)cc1Cl)=C2.O=C([O-])C(F)(F)F. The molecule has 0 N–H and O–H groups in total. The second-order valence-corrected chi connectivity index (χ2v) is 17.2. The molecule has 0 saturated heterocycles. The number of carbonyl (C=O) groups excluding carboxylic acids is 1. The van der Waals surface area contributed by atoms with E-state index in [1.54, 1.807) is 21.3 Å². The molecule has 0 spiro atoms. The first kappa shape index (κ1) is 36.3. The molecule has 0 unspecified atom stereocenters. The van der Waals surface area contributed by atoms with E-state index in [2.05, 4.69) is 70.5 Å². The number of benzene rings is 2. The third kappa shape index (κ3) is 8.81. The largest absolute Gasteiger partial charge is 0.542 e. The van der Waals surface area contributed by atoms with E-state index >= 15 is 0 Å². The molecule has 12 heteroatoms.